The molecule has 1 heterocycles. The van der Waals surface area contributed by atoms with Gasteiger partial charge in [-0.15, -0.1) is 11.3 Å². The second kappa shape index (κ2) is 6.10. The molecule has 0 bridgehead atoms. The minimum absolute atomic E-state index is 0.108. The molecule has 0 aliphatic carbocycles. The Morgan fingerprint density at radius 2 is 2.20 bits per heavy atom. The fourth-order valence-corrected chi connectivity index (χ4v) is 2.48. The number of carboxylic acids is 1. The second-order valence-corrected chi connectivity index (χ2v) is 5.57. The molecule has 5 nitrogen and oxygen atoms in total. The molecule has 2 N–H and O–H groups in total. The molecule has 0 fully saturated rings. The number of carboxylic acid groups (broad SMARTS) is 1. The summed E-state index contributed by atoms with van der Waals surface area (Å²) in [4.78, 5) is 26.3. The first-order valence-corrected chi connectivity index (χ1v) is 7.05. The fraction of sp³-hybridized carbons (Fsp3) is 0.0833. The largest absolute Gasteiger partial charge is 0.481 e. The van der Waals surface area contributed by atoms with Crippen LogP contribution in [0.1, 0.15) is 16.1 Å². The van der Waals surface area contributed by atoms with Crippen LogP contribution in [-0.2, 0) is 11.2 Å². The van der Waals surface area contributed by atoms with Crippen LogP contribution in [0.5, 0.6) is 0 Å². The van der Waals surface area contributed by atoms with E-state index in [-0.39, 0.29) is 17.1 Å². The van der Waals surface area contributed by atoms with Crippen molar-refractivity contribution < 1.29 is 19.1 Å². The third-order valence-electron chi connectivity index (χ3n) is 2.28. The molecule has 8 heteroatoms. The van der Waals surface area contributed by atoms with E-state index in [0.717, 1.165) is 11.3 Å². The van der Waals surface area contributed by atoms with Crippen molar-refractivity contribution in [2.75, 3.05) is 5.32 Å². The van der Waals surface area contributed by atoms with Crippen LogP contribution in [-0.4, -0.2) is 22.0 Å². The molecule has 1 aromatic heterocycles. The molecule has 0 aliphatic heterocycles. The number of nitrogens with one attached hydrogen (secondary N) is 1. The zero-order chi connectivity index (χ0) is 14.7. The number of halogens is 2. The maximum Gasteiger partial charge on any atom is 0.309 e. The molecule has 0 aliphatic rings. The average molecular weight is 359 g/mol. The topological polar surface area (TPSA) is 79.3 Å². The average Bonchev–Trinajstić information content (AvgIpc) is 2.75. The third kappa shape index (κ3) is 3.61. The second-order valence-electron chi connectivity index (χ2n) is 3.79. The lowest BCUT2D eigenvalue weighted by atomic mass is 10.2. The number of aliphatic carboxylic acids is 1. The highest BCUT2D eigenvalue weighted by molar-refractivity contribution is 9.10. The van der Waals surface area contributed by atoms with Crippen molar-refractivity contribution in [3.63, 3.8) is 0 Å². The Morgan fingerprint density at radius 3 is 2.85 bits per heavy atom. The Balaban J connectivity index is 2.11. The molecule has 0 radical (unpaired) electrons. The Bertz CT molecular complexity index is 674. The van der Waals surface area contributed by atoms with Gasteiger partial charge in [0.2, 0.25) is 0 Å². The molecule has 0 unspecified atom stereocenters. The van der Waals surface area contributed by atoms with E-state index in [1.807, 2.05) is 0 Å². The number of rotatable bonds is 4. The Morgan fingerprint density at radius 1 is 1.45 bits per heavy atom. The zero-order valence-corrected chi connectivity index (χ0v) is 12.3. The predicted octanol–water partition coefficient (Wildman–Crippen LogP) is 2.92. The number of carbonyl (C=O) groups excluding carboxylic acids is 1. The van der Waals surface area contributed by atoms with E-state index >= 15 is 0 Å². The van der Waals surface area contributed by atoms with Gasteiger partial charge in [-0.2, -0.15) is 0 Å². The van der Waals surface area contributed by atoms with Crippen LogP contribution in [0, 0.1) is 5.82 Å². The Labute approximate surface area is 125 Å². The van der Waals surface area contributed by atoms with Crippen LogP contribution in [0.25, 0.3) is 0 Å². The minimum atomic E-state index is -1.01. The summed E-state index contributed by atoms with van der Waals surface area (Å²) in [5.41, 5.74) is 0.234. The van der Waals surface area contributed by atoms with Gasteiger partial charge >= 0.3 is 5.97 Å². The lowest BCUT2D eigenvalue weighted by Gasteiger charge is -2.03. The molecule has 1 aromatic carbocycles. The molecule has 2 aromatic rings. The first-order valence-electron chi connectivity index (χ1n) is 5.38. The summed E-state index contributed by atoms with van der Waals surface area (Å²) in [5, 5.41) is 12.8. The van der Waals surface area contributed by atoms with Gasteiger partial charge in [-0.05, 0) is 18.2 Å². The van der Waals surface area contributed by atoms with Crippen molar-refractivity contribution >= 4 is 44.3 Å². The number of thiazole rings is 1. The standard InChI is InChI=1S/C12H8BrFN2O3S/c13-6-1-2-8(9(14)3-6)11(19)16-12-15-7(5-20-12)4-10(17)18/h1-3,5H,4H2,(H,17,18)(H,15,16,19). The van der Waals surface area contributed by atoms with E-state index in [9.17, 15) is 14.0 Å². The lowest BCUT2D eigenvalue weighted by molar-refractivity contribution is -0.136. The van der Waals surface area contributed by atoms with Crippen molar-refractivity contribution in [3.05, 3.63) is 45.1 Å². The summed E-state index contributed by atoms with van der Waals surface area (Å²) in [7, 11) is 0. The van der Waals surface area contributed by atoms with Gasteiger partial charge < -0.3 is 5.11 Å². The van der Waals surface area contributed by atoms with Gasteiger partial charge in [0.05, 0.1) is 17.7 Å². The number of hydrogen-bond acceptors (Lipinski definition) is 4. The van der Waals surface area contributed by atoms with E-state index < -0.39 is 17.7 Å². The Hall–Kier alpha value is -1.80. The van der Waals surface area contributed by atoms with Gasteiger partial charge in [-0.1, -0.05) is 15.9 Å². The van der Waals surface area contributed by atoms with Crippen LogP contribution in [0.4, 0.5) is 9.52 Å². The smallest absolute Gasteiger partial charge is 0.309 e. The van der Waals surface area contributed by atoms with Gasteiger partial charge in [0, 0.05) is 9.85 Å². The van der Waals surface area contributed by atoms with Crippen LogP contribution < -0.4 is 5.32 Å². The van der Waals surface area contributed by atoms with Crippen LogP contribution in [0.15, 0.2) is 28.1 Å². The number of benzene rings is 1. The van der Waals surface area contributed by atoms with E-state index in [4.69, 9.17) is 5.11 Å². The molecular weight excluding hydrogens is 351 g/mol. The molecule has 1 amide bonds. The quantitative estimate of drug-likeness (QED) is 0.880. The summed E-state index contributed by atoms with van der Waals surface area (Å²) < 4.78 is 14.1. The van der Waals surface area contributed by atoms with E-state index in [2.05, 4.69) is 26.2 Å². The molecule has 0 saturated heterocycles. The van der Waals surface area contributed by atoms with Gasteiger partial charge in [-0.3, -0.25) is 14.9 Å². The predicted molar refractivity (Wildman–Crippen MR) is 75.5 cm³/mol. The maximum absolute atomic E-state index is 13.6. The van der Waals surface area contributed by atoms with Crippen molar-refractivity contribution in [2.24, 2.45) is 0 Å². The third-order valence-corrected chi connectivity index (χ3v) is 3.58. The summed E-state index contributed by atoms with van der Waals surface area (Å²) in [6.07, 6.45) is -0.223. The summed E-state index contributed by atoms with van der Waals surface area (Å²) in [6, 6.07) is 4.09. The molecule has 104 valence electrons. The molecular formula is C12H8BrFN2O3S. The monoisotopic (exact) mass is 358 g/mol. The maximum atomic E-state index is 13.6. The minimum Gasteiger partial charge on any atom is -0.481 e. The number of amides is 1. The van der Waals surface area contributed by atoms with E-state index in [1.54, 1.807) is 6.07 Å². The number of anilines is 1. The van der Waals surface area contributed by atoms with Gasteiger partial charge in [0.1, 0.15) is 5.82 Å². The fourth-order valence-electron chi connectivity index (χ4n) is 1.44. The highest BCUT2D eigenvalue weighted by Gasteiger charge is 2.14. The first-order chi connectivity index (χ1) is 9.45. The van der Waals surface area contributed by atoms with Crippen molar-refractivity contribution in [1.29, 1.82) is 0 Å². The number of carbonyl (C=O) groups is 2. The van der Waals surface area contributed by atoms with Crippen molar-refractivity contribution in [2.45, 2.75) is 6.42 Å². The normalized spacial score (nSPS) is 10.3. The van der Waals surface area contributed by atoms with Crippen LogP contribution in [0.2, 0.25) is 0 Å². The molecule has 0 atom stereocenters. The van der Waals surface area contributed by atoms with Gasteiger partial charge in [0.15, 0.2) is 5.13 Å². The molecule has 0 saturated carbocycles. The van der Waals surface area contributed by atoms with Gasteiger partial charge in [0.25, 0.3) is 5.91 Å². The number of aromatic nitrogens is 1. The highest BCUT2D eigenvalue weighted by atomic mass is 79.9. The summed E-state index contributed by atoms with van der Waals surface area (Å²) in [5.74, 6) is -2.29. The molecule has 2 rings (SSSR count). The first kappa shape index (κ1) is 14.6. The number of hydrogen-bond donors (Lipinski definition) is 2. The van der Waals surface area contributed by atoms with Crippen LogP contribution >= 0.6 is 27.3 Å². The summed E-state index contributed by atoms with van der Waals surface area (Å²) >= 11 is 4.19. The highest BCUT2D eigenvalue weighted by Crippen LogP contribution is 2.19. The molecule has 20 heavy (non-hydrogen) atoms. The zero-order valence-electron chi connectivity index (χ0n) is 9.89. The van der Waals surface area contributed by atoms with Crippen molar-refractivity contribution in [3.8, 4) is 0 Å². The number of nitrogens with zero attached hydrogens (tertiary/aromatic N) is 1. The SMILES string of the molecule is O=C(O)Cc1csc(NC(=O)c2ccc(Br)cc2F)n1. The Kier molecular flexibility index (Phi) is 4.46. The van der Waals surface area contributed by atoms with Gasteiger partial charge in [-0.25, -0.2) is 9.37 Å². The van der Waals surface area contributed by atoms with E-state index in [0.29, 0.717) is 10.2 Å². The van der Waals surface area contributed by atoms with Crippen molar-refractivity contribution in [1.82, 2.24) is 4.98 Å². The molecule has 0 spiro atoms. The summed E-state index contributed by atoms with van der Waals surface area (Å²) in [6.45, 7) is 0. The lowest BCUT2D eigenvalue weighted by Crippen LogP contribution is -2.13. The van der Waals surface area contributed by atoms with E-state index in [1.165, 1.54) is 17.5 Å². The van der Waals surface area contributed by atoms with Crippen LogP contribution in [0.3, 0.4) is 0 Å².